The molecule has 1 aromatic carbocycles. The summed E-state index contributed by atoms with van der Waals surface area (Å²) in [7, 11) is 0. The highest BCUT2D eigenvalue weighted by Gasteiger charge is 2.21. The lowest BCUT2D eigenvalue weighted by Gasteiger charge is -2.17. The lowest BCUT2D eigenvalue weighted by Crippen LogP contribution is -2.40. The van der Waals surface area contributed by atoms with E-state index >= 15 is 0 Å². The van der Waals surface area contributed by atoms with Gasteiger partial charge < -0.3 is 15.2 Å². The van der Waals surface area contributed by atoms with Crippen LogP contribution in [0.2, 0.25) is 0 Å². The molecule has 0 fully saturated rings. The minimum absolute atomic E-state index is 0.129. The maximum atomic E-state index is 12.1. The predicted octanol–water partition coefficient (Wildman–Crippen LogP) is 2.98. The van der Waals surface area contributed by atoms with E-state index < -0.39 is 17.9 Å². The van der Waals surface area contributed by atoms with Crippen LogP contribution in [0.15, 0.2) is 29.6 Å². The van der Waals surface area contributed by atoms with Crippen LogP contribution in [0.3, 0.4) is 0 Å². The monoisotopic (exact) mass is 362 g/mol. The fourth-order valence-electron chi connectivity index (χ4n) is 2.19. The topological polar surface area (TPSA) is 88.5 Å². The number of amides is 1. The van der Waals surface area contributed by atoms with Gasteiger partial charge in [-0.3, -0.25) is 9.59 Å². The standard InChI is InChI=1S/C18H22N2O4S/c1-4-24-15-7-5-13(6-8-15)17-20-14(10-25-17)9-16(21)19-12(3)11(2)18(22)23/h5-8,10-12H,4,9H2,1-3H3,(H,19,21)(H,22,23). The molecule has 0 radical (unpaired) electrons. The number of hydrogen-bond acceptors (Lipinski definition) is 5. The molecule has 1 aromatic heterocycles. The highest BCUT2D eigenvalue weighted by molar-refractivity contribution is 7.13. The maximum Gasteiger partial charge on any atom is 0.308 e. The summed E-state index contributed by atoms with van der Waals surface area (Å²) in [5.74, 6) is -0.994. The summed E-state index contributed by atoms with van der Waals surface area (Å²) in [5.41, 5.74) is 1.63. The number of thiazole rings is 1. The molecule has 1 heterocycles. The first-order valence-electron chi connectivity index (χ1n) is 8.10. The third kappa shape index (κ3) is 5.29. The lowest BCUT2D eigenvalue weighted by atomic mass is 10.0. The van der Waals surface area contributed by atoms with Gasteiger partial charge in [-0.25, -0.2) is 4.98 Å². The van der Waals surface area contributed by atoms with Gasteiger partial charge in [0.25, 0.3) is 0 Å². The summed E-state index contributed by atoms with van der Waals surface area (Å²) in [4.78, 5) is 27.5. The summed E-state index contributed by atoms with van der Waals surface area (Å²) < 4.78 is 5.42. The van der Waals surface area contributed by atoms with Crippen LogP contribution in [0, 0.1) is 5.92 Å². The molecule has 25 heavy (non-hydrogen) atoms. The predicted molar refractivity (Wildman–Crippen MR) is 96.8 cm³/mol. The number of benzene rings is 1. The van der Waals surface area contributed by atoms with E-state index in [0.29, 0.717) is 12.3 Å². The van der Waals surface area contributed by atoms with E-state index in [1.807, 2.05) is 36.6 Å². The van der Waals surface area contributed by atoms with Gasteiger partial charge in [-0.15, -0.1) is 11.3 Å². The van der Waals surface area contributed by atoms with Gasteiger partial charge in [0.15, 0.2) is 0 Å². The molecule has 6 nitrogen and oxygen atoms in total. The Labute approximate surface area is 150 Å². The smallest absolute Gasteiger partial charge is 0.308 e. The number of nitrogens with zero attached hydrogens (tertiary/aromatic N) is 1. The summed E-state index contributed by atoms with van der Waals surface area (Å²) in [6.45, 7) is 5.81. The van der Waals surface area contributed by atoms with Crippen molar-refractivity contribution in [2.45, 2.75) is 33.2 Å². The second-order valence-corrected chi connectivity index (χ2v) is 6.62. The third-order valence-corrected chi connectivity index (χ3v) is 4.77. The molecule has 134 valence electrons. The average molecular weight is 362 g/mol. The first-order valence-corrected chi connectivity index (χ1v) is 8.98. The zero-order valence-electron chi connectivity index (χ0n) is 14.5. The molecule has 2 N–H and O–H groups in total. The van der Waals surface area contributed by atoms with Gasteiger partial charge in [0.2, 0.25) is 5.91 Å². The lowest BCUT2D eigenvalue weighted by molar-refractivity contribution is -0.142. The molecule has 0 saturated carbocycles. The first-order chi connectivity index (χ1) is 11.9. The Bertz CT molecular complexity index is 727. The SMILES string of the molecule is CCOc1ccc(-c2nc(CC(=O)NC(C)C(C)C(=O)O)cs2)cc1. The van der Waals surface area contributed by atoms with E-state index in [-0.39, 0.29) is 12.3 Å². The van der Waals surface area contributed by atoms with Crippen LogP contribution in [-0.4, -0.2) is 34.6 Å². The molecule has 2 rings (SSSR count). The number of rotatable bonds is 8. The number of aliphatic carboxylic acids is 1. The number of carbonyl (C=O) groups excluding carboxylic acids is 1. The molecule has 0 saturated heterocycles. The van der Waals surface area contributed by atoms with Gasteiger partial charge in [-0.2, -0.15) is 0 Å². The molecule has 1 amide bonds. The van der Waals surface area contributed by atoms with Crippen molar-refractivity contribution in [1.82, 2.24) is 10.3 Å². The summed E-state index contributed by atoms with van der Waals surface area (Å²) in [6.07, 6.45) is 0.129. The summed E-state index contributed by atoms with van der Waals surface area (Å²) >= 11 is 1.47. The third-order valence-electron chi connectivity index (χ3n) is 3.83. The van der Waals surface area contributed by atoms with Gasteiger partial charge >= 0.3 is 5.97 Å². The van der Waals surface area contributed by atoms with Crippen molar-refractivity contribution >= 4 is 23.2 Å². The van der Waals surface area contributed by atoms with Gasteiger partial charge in [0, 0.05) is 17.0 Å². The highest BCUT2D eigenvalue weighted by Crippen LogP contribution is 2.26. The zero-order valence-corrected chi connectivity index (χ0v) is 15.3. The van der Waals surface area contributed by atoms with E-state index in [1.165, 1.54) is 11.3 Å². The van der Waals surface area contributed by atoms with Crippen LogP contribution in [0.25, 0.3) is 10.6 Å². The quantitative estimate of drug-likeness (QED) is 0.754. The van der Waals surface area contributed by atoms with E-state index in [2.05, 4.69) is 10.3 Å². The largest absolute Gasteiger partial charge is 0.494 e. The van der Waals surface area contributed by atoms with Crippen LogP contribution < -0.4 is 10.1 Å². The number of nitrogens with one attached hydrogen (secondary N) is 1. The Kier molecular flexibility index (Phi) is 6.52. The van der Waals surface area contributed by atoms with Crippen LogP contribution in [0.1, 0.15) is 26.5 Å². The molecule has 0 spiro atoms. The zero-order chi connectivity index (χ0) is 18.4. The van der Waals surface area contributed by atoms with Crippen molar-refractivity contribution in [2.24, 2.45) is 5.92 Å². The van der Waals surface area contributed by atoms with Crippen molar-refractivity contribution < 1.29 is 19.4 Å². The second-order valence-electron chi connectivity index (χ2n) is 5.76. The van der Waals surface area contributed by atoms with Crippen molar-refractivity contribution in [1.29, 1.82) is 0 Å². The van der Waals surface area contributed by atoms with Crippen molar-refractivity contribution in [2.75, 3.05) is 6.61 Å². The van der Waals surface area contributed by atoms with Crippen molar-refractivity contribution in [3.8, 4) is 16.3 Å². The molecule has 2 aromatic rings. The molecule has 0 aliphatic rings. The van der Waals surface area contributed by atoms with Crippen molar-refractivity contribution in [3.05, 3.63) is 35.3 Å². The molecule has 0 aliphatic carbocycles. The molecular formula is C18H22N2O4S. The summed E-state index contributed by atoms with van der Waals surface area (Å²) in [6, 6.07) is 7.21. The molecule has 0 aliphatic heterocycles. The Morgan fingerprint density at radius 1 is 1.28 bits per heavy atom. The fraction of sp³-hybridized carbons (Fsp3) is 0.389. The van der Waals surface area contributed by atoms with E-state index in [4.69, 9.17) is 9.84 Å². The molecule has 2 unspecified atom stereocenters. The minimum atomic E-state index is -0.931. The van der Waals surface area contributed by atoms with Crippen LogP contribution in [0.4, 0.5) is 0 Å². The second kappa shape index (κ2) is 8.62. The fourth-order valence-corrected chi connectivity index (χ4v) is 3.02. The van der Waals surface area contributed by atoms with Gasteiger partial charge in [0.05, 0.1) is 24.6 Å². The number of aromatic nitrogens is 1. The number of carboxylic acid groups (broad SMARTS) is 1. The Morgan fingerprint density at radius 3 is 2.56 bits per heavy atom. The normalized spacial score (nSPS) is 13.1. The highest BCUT2D eigenvalue weighted by atomic mass is 32.1. The van der Waals surface area contributed by atoms with E-state index in [9.17, 15) is 9.59 Å². The van der Waals surface area contributed by atoms with E-state index in [0.717, 1.165) is 16.3 Å². The number of ether oxygens (including phenoxy) is 1. The maximum absolute atomic E-state index is 12.1. The van der Waals surface area contributed by atoms with E-state index in [1.54, 1.807) is 13.8 Å². The Balaban J connectivity index is 1.96. The average Bonchev–Trinajstić information content (AvgIpc) is 3.03. The molecule has 2 atom stereocenters. The van der Waals surface area contributed by atoms with Crippen LogP contribution in [0.5, 0.6) is 5.75 Å². The van der Waals surface area contributed by atoms with Gasteiger partial charge in [0.1, 0.15) is 10.8 Å². The number of hydrogen-bond donors (Lipinski definition) is 2. The molecule has 0 bridgehead atoms. The molecular weight excluding hydrogens is 340 g/mol. The Hall–Kier alpha value is -2.41. The summed E-state index contributed by atoms with van der Waals surface area (Å²) in [5, 5.41) is 14.4. The molecule has 7 heteroatoms. The van der Waals surface area contributed by atoms with Gasteiger partial charge in [-0.1, -0.05) is 0 Å². The van der Waals surface area contributed by atoms with Gasteiger partial charge in [-0.05, 0) is 45.0 Å². The van der Waals surface area contributed by atoms with Crippen molar-refractivity contribution in [3.63, 3.8) is 0 Å². The van der Waals surface area contributed by atoms with Crippen LogP contribution >= 0.6 is 11.3 Å². The Morgan fingerprint density at radius 2 is 1.96 bits per heavy atom. The number of carboxylic acids is 1. The minimum Gasteiger partial charge on any atom is -0.494 e. The first kappa shape index (κ1) is 18.9. The number of carbonyl (C=O) groups is 2. The van der Waals surface area contributed by atoms with Crippen LogP contribution in [-0.2, 0) is 16.0 Å².